The number of nitrogens with two attached hydrogens (primary N) is 1. The number of anilines is 5. The van der Waals surface area contributed by atoms with Crippen molar-refractivity contribution in [1.82, 2.24) is 0 Å². The number of nitrogen functional groups attached to an aromatic ring is 1. The summed E-state index contributed by atoms with van der Waals surface area (Å²) >= 11 is 0. The number of carbonyl (C=O) groups is 1. The SMILES string of the molecule is C=C(/C=C\c1ccccc1NC)/C(=N/N(C)c1ccc(Nc2ccc(N)cc2)cc1)C(=O)OC. The summed E-state index contributed by atoms with van der Waals surface area (Å²) in [4.78, 5) is 12.4. The molecule has 34 heavy (non-hydrogen) atoms. The first-order valence-corrected chi connectivity index (χ1v) is 10.7. The highest BCUT2D eigenvalue weighted by molar-refractivity contribution is 6.44. The van der Waals surface area contributed by atoms with Crippen LogP contribution in [0.3, 0.4) is 0 Å². The molecule has 3 aromatic rings. The number of para-hydroxylation sites is 1. The Hall–Kier alpha value is -4.52. The Morgan fingerprint density at radius 2 is 1.65 bits per heavy atom. The molecule has 4 N–H and O–H groups in total. The summed E-state index contributed by atoms with van der Waals surface area (Å²) in [5.74, 6) is -0.565. The number of hydrogen-bond acceptors (Lipinski definition) is 7. The van der Waals surface area contributed by atoms with Crippen molar-refractivity contribution in [2.24, 2.45) is 5.10 Å². The smallest absolute Gasteiger partial charge is 0.359 e. The molecule has 0 aliphatic carbocycles. The molecule has 0 radical (unpaired) electrons. The molecule has 0 spiro atoms. The molecule has 0 atom stereocenters. The number of benzene rings is 3. The fraction of sp³-hybridized carbons (Fsp3) is 0.111. The third-order valence-corrected chi connectivity index (χ3v) is 5.07. The molecule has 0 aliphatic rings. The lowest BCUT2D eigenvalue weighted by Crippen LogP contribution is -2.22. The predicted octanol–water partition coefficient (Wildman–Crippen LogP) is 5.29. The van der Waals surface area contributed by atoms with Gasteiger partial charge in [-0.1, -0.05) is 36.9 Å². The van der Waals surface area contributed by atoms with Gasteiger partial charge in [-0.3, -0.25) is 5.01 Å². The molecule has 0 amide bonds. The van der Waals surface area contributed by atoms with Gasteiger partial charge in [-0.2, -0.15) is 5.10 Å². The van der Waals surface area contributed by atoms with Crippen LogP contribution in [-0.4, -0.2) is 32.9 Å². The van der Waals surface area contributed by atoms with Gasteiger partial charge >= 0.3 is 5.97 Å². The molecule has 0 aliphatic heterocycles. The quantitative estimate of drug-likeness (QED) is 0.134. The van der Waals surface area contributed by atoms with Gasteiger partial charge in [0.05, 0.1) is 12.8 Å². The topological polar surface area (TPSA) is 92.0 Å². The van der Waals surface area contributed by atoms with Crippen molar-refractivity contribution in [2.75, 3.05) is 42.6 Å². The second kappa shape index (κ2) is 11.4. The average molecular weight is 456 g/mol. The number of carbonyl (C=O) groups excluding carboxylic acids is 1. The van der Waals surface area contributed by atoms with E-state index < -0.39 is 5.97 Å². The van der Waals surface area contributed by atoms with E-state index in [1.165, 1.54) is 7.11 Å². The van der Waals surface area contributed by atoms with Gasteiger partial charge in [-0.05, 0) is 60.2 Å². The Morgan fingerprint density at radius 1 is 1.03 bits per heavy atom. The number of allylic oxidation sites excluding steroid dienone is 1. The molecule has 0 unspecified atom stereocenters. The zero-order valence-electron chi connectivity index (χ0n) is 19.6. The first-order chi connectivity index (χ1) is 16.4. The van der Waals surface area contributed by atoms with E-state index in [4.69, 9.17) is 10.5 Å². The van der Waals surface area contributed by atoms with Crippen LogP contribution in [0.15, 0.2) is 96.1 Å². The van der Waals surface area contributed by atoms with Gasteiger partial charge in [0.2, 0.25) is 0 Å². The van der Waals surface area contributed by atoms with E-state index in [9.17, 15) is 4.79 Å². The van der Waals surface area contributed by atoms with Gasteiger partial charge in [-0.25, -0.2) is 4.79 Å². The molecule has 7 nitrogen and oxygen atoms in total. The molecular formula is C27H29N5O2. The summed E-state index contributed by atoms with van der Waals surface area (Å²) in [6.45, 7) is 4.02. The second-order valence-electron chi connectivity index (χ2n) is 7.45. The normalized spacial score (nSPS) is 11.2. The maximum Gasteiger partial charge on any atom is 0.359 e. The highest BCUT2D eigenvalue weighted by atomic mass is 16.5. The number of hydrogen-bond donors (Lipinski definition) is 3. The van der Waals surface area contributed by atoms with Crippen LogP contribution in [0, 0.1) is 0 Å². The first kappa shape index (κ1) is 24.1. The van der Waals surface area contributed by atoms with Crippen molar-refractivity contribution in [2.45, 2.75) is 0 Å². The number of methoxy groups -OCH3 is 1. The number of esters is 1. The third kappa shape index (κ3) is 6.26. The van der Waals surface area contributed by atoms with Crippen LogP contribution in [-0.2, 0) is 9.53 Å². The Labute approximate surface area is 200 Å². The largest absolute Gasteiger partial charge is 0.464 e. The summed E-state index contributed by atoms with van der Waals surface area (Å²) < 4.78 is 4.94. The first-order valence-electron chi connectivity index (χ1n) is 10.7. The van der Waals surface area contributed by atoms with Crippen molar-refractivity contribution in [3.8, 4) is 0 Å². The molecule has 0 saturated heterocycles. The molecule has 3 aromatic carbocycles. The average Bonchev–Trinajstić information content (AvgIpc) is 2.87. The second-order valence-corrected chi connectivity index (χ2v) is 7.45. The van der Waals surface area contributed by atoms with E-state index in [-0.39, 0.29) is 5.71 Å². The fourth-order valence-corrected chi connectivity index (χ4v) is 3.17. The van der Waals surface area contributed by atoms with Crippen molar-refractivity contribution >= 4 is 46.2 Å². The van der Waals surface area contributed by atoms with Crippen molar-refractivity contribution in [1.29, 1.82) is 0 Å². The fourth-order valence-electron chi connectivity index (χ4n) is 3.17. The summed E-state index contributed by atoms with van der Waals surface area (Å²) in [5.41, 5.74) is 11.6. The molecule has 0 bridgehead atoms. The molecular weight excluding hydrogens is 426 g/mol. The number of hydrazone groups is 1. The molecule has 174 valence electrons. The maximum atomic E-state index is 12.4. The number of rotatable bonds is 9. The molecule has 0 heterocycles. The lowest BCUT2D eigenvalue weighted by molar-refractivity contribution is -0.132. The highest BCUT2D eigenvalue weighted by Crippen LogP contribution is 2.22. The van der Waals surface area contributed by atoms with Crippen molar-refractivity contribution in [3.63, 3.8) is 0 Å². The summed E-state index contributed by atoms with van der Waals surface area (Å²) in [6.07, 6.45) is 3.63. The zero-order valence-corrected chi connectivity index (χ0v) is 19.6. The highest BCUT2D eigenvalue weighted by Gasteiger charge is 2.16. The van der Waals surface area contributed by atoms with Gasteiger partial charge in [0.25, 0.3) is 0 Å². The van der Waals surface area contributed by atoms with Crippen LogP contribution < -0.4 is 21.4 Å². The minimum Gasteiger partial charge on any atom is -0.464 e. The van der Waals surface area contributed by atoms with E-state index in [0.717, 1.165) is 28.3 Å². The van der Waals surface area contributed by atoms with E-state index in [1.54, 1.807) is 18.1 Å². The monoisotopic (exact) mass is 455 g/mol. The minimum absolute atomic E-state index is 0.118. The standard InChI is InChI=1S/C27H29N5O2/c1-19(9-10-20-7-5-6-8-25(20)29-2)26(27(33)34-4)31-32(3)24-17-15-23(16-18-24)30-22-13-11-21(28)12-14-22/h5-18,29-30H,1,28H2,2-4H3/b10-9-,31-26-. The molecule has 3 rings (SSSR count). The van der Waals surface area contributed by atoms with Gasteiger partial charge in [0, 0.05) is 42.4 Å². The zero-order chi connectivity index (χ0) is 24.5. The number of ether oxygens (including phenoxy) is 1. The summed E-state index contributed by atoms with van der Waals surface area (Å²) in [7, 11) is 4.94. The number of nitrogens with one attached hydrogen (secondary N) is 2. The Kier molecular flexibility index (Phi) is 8.07. The molecule has 0 fully saturated rings. The van der Waals surface area contributed by atoms with E-state index >= 15 is 0 Å². The van der Waals surface area contributed by atoms with Gasteiger partial charge in [-0.15, -0.1) is 0 Å². The lowest BCUT2D eigenvalue weighted by atomic mass is 10.1. The van der Waals surface area contributed by atoms with Crippen molar-refractivity contribution < 1.29 is 9.53 Å². The third-order valence-electron chi connectivity index (χ3n) is 5.07. The van der Waals surface area contributed by atoms with Gasteiger partial charge in [0.15, 0.2) is 5.71 Å². The van der Waals surface area contributed by atoms with E-state index in [2.05, 4.69) is 22.3 Å². The predicted molar refractivity (Wildman–Crippen MR) is 143 cm³/mol. The Bertz CT molecular complexity index is 1200. The summed E-state index contributed by atoms with van der Waals surface area (Å²) in [5, 5.41) is 12.5. The van der Waals surface area contributed by atoms with Crippen molar-refractivity contribution in [3.05, 3.63) is 96.6 Å². The van der Waals surface area contributed by atoms with Crippen LogP contribution in [0.1, 0.15) is 5.56 Å². The van der Waals surface area contributed by atoms with Crippen LogP contribution in [0.25, 0.3) is 6.08 Å². The molecule has 0 aromatic heterocycles. The number of nitrogens with zero attached hydrogens (tertiary/aromatic N) is 2. The van der Waals surface area contributed by atoms with E-state index in [1.807, 2.05) is 85.9 Å². The van der Waals surface area contributed by atoms with Crippen LogP contribution in [0.2, 0.25) is 0 Å². The van der Waals surface area contributed by atoms with Crippen LogP contribution in [0.5, 0.6) is 0 Å². The van der Waals surface area contributed by atoms with Gasteiger partial charge < -0.3 is 21.1 Å². The summed E-state index contributed by atoms with van der Waals surface area (Å²) in [6, 6.07) is 23.0. The van der Waals surface area contributed by atoms with Crippen LogP contribution >= 0.6 is 0 Å². The van der Waals surface area contributed by atoms with E-state index in [0.29, 0.717) is 11.3 Å². The Balaban J connectivity index is 1.77. The Morgan fingerprint density at radius 3 is 2.26 bits per heavy atom. The van der Waals surface area contributed by atoms with Crippen LogP contribution in [0.4, 0.5) is 28.4 Å². The van der Waals surface area contributed by atoms with Gasteiger partial charge in [0.1, 0.15) is 0 Å². The lowest BCUT2D eigenvalue weighted by Gasteiger charge is -2.16. The maximum absolute atomic E-state index is 12.4. The molecule has 7 heteroatoms. The minimum atomic E-state index is -0.565. The molecule has 0 saturated carbocycles.